The van der Waals surface area contributed by atoms with E-state index in [0.717, 1.165) is 12.8 Å². The monoisotopic (exact) mass is 278 g/mol. The van der Waals surface area contributed by atoms with Crippen LogP contribution in [0.3, 0.4) is 0 Å². The second-order valence-corrected chi connectivity index (χ2v) is 4.63. The lowest BCUT2D eigenvalue weighted by molar-refractivity contribution is 0.240. The molecule has 0 aliphatic heterocycles. The molecule has 7 heteroatoms. The molecular weight excluding hydrogens is 260 g/mol. The fourth-order valence-corrected chi connectivity index (χ4v) is 1.75. The number of carbonyl (C=O) groups is 1. The van der Waals surface area contributed by atoms with Crippen molar-refractivity contribution in [3.05, 3.63) is 24.3 Å². The Morgan fingerprint density at radius 2 is 2.30 bits per heavy atom. The molecule has 1 aliphatic carbocycles. The van der Waals surface area contributed by atoms with Crippen LogP contribution in [0.5, 0.6) is 5.75 Å². The Labute approximate surface area is 116 Å². The number of oxime groups is 1. The van der Waals surface area contributed by atoms with Crippen molar-refractivity contribution in [3.8, 4) is 5.75 Å². The summed E-state index contributed by atoms with van der Waals surface area (Å²) in [6.07, 6.45) is 3.24. The SMILES string of the molecule is N/C(COc1cccc(NC(=O)NC2CCC2)c1)=N/O. The molecule has 0 unspecified atom stereocenters. The Morgan fingerprint density at radius 1 is 1.50 bits per heavy atom. The summed E-state index contributed by atoms with van der Waals surface area (Å²) < 4.78 is 5.31. The second-order valence-electron chi connectivity index (χ2n) is 4.63. The van der Waals surface area contributed by atoms with Crippen molar-refractivity contribution in [3.63, 3.8) is 0 Å². The molecule has 2 amide bonds. The Morgan fingerprint density at radius 3 is 2.95 bits per heavy atom. The van der Waals surface area contributed by atoms with Gasteiger partial charge in [0.05, 0.1) is 0 Å². The molecular formula is C13H18N4O3. The van der Waals surface area contributed by atoms with E-state index >= 15 is 0 Å². The number of benzene rings is 1. The lowest BCUT2D eigenvalue weighted by atomic mass is 9.93. The van der Waals surface area contributed by atoms with E-state index in [-0.39, 0.29) is 24.5 Å². The summed E-state index contributed by atoms with van der Waals surface area (Å²) in [5, 5.41) is 16.9. The van der Waals surface area contributed by atoms with Crippen molar-refractivity contribution >= 4 is 17.6 Å². The van der Waals surface area contributed by atoms with Crippen molar-refractivity contribution in [1.29, 1.82) is 0 Å². The highest BCUT2D eigenvalue weighted by Gasteiger charge is 2.19. The van der Waals surface area contributed by atoms with Gasteiger partial charge >= 0.3 is 6.03 Å². The summed E-state index contributed by atoms with van der Waals surface area (Å²) in [5.41, 5.74) is 5.94. The second kappa shape index (κ2) is 6.65. The number of anilines is 1. The molecule has 1 aliphatic rings. The minimum absolute atomic E-state index is 0.0196. The third kappa shape index (κ3) is 4.04. The van der Waals surface area contributed by atoms with Crippen molar-refractivity contribution < 1.29 is 14.7 Å². The molecule has 7 nitrogen and oxygen atoms in total. The van der Waals surface area contributed by atoms with Crippen LogP contribution in [0.15, 0.2) is 29.4 Å². The van der Waals surface area contributed by atoms with Crippen LogP contribution in [0.1, 0.15) is 19.3 Å². The van der Waals surface area contributed by atoms with E-state index in [1.54, 1.807) is 24.3 Å². The van der Waals surface area contributed by atoms with Gasteiger partial charge in [-0.2, -0.15) is 0 Å². The molecule has 2 rings (SSSR count). The minimum Gasteiger partial charge on any atom is -0.485 e. The summed E-state index contributed by atoms with van der Waals surface area (Å²) >= 11 is 0. The van der Waals surface area contributed by atoms with Gasteiger partial charge in [0.2, 0.25) is 0 Å². The van der Waals surface area contributed by atoms with E-state index in [1.807, 2.05) is 0 Å². The van der Waals surface area contributed by atoms with Crippen LogP contribution >= 0.6 is 0 Å². The number of urea groups is 1. The zero-order valence-corrected chi connectivity index (χ0v) is 11.0. The van der Waals surface area contributed by atoms with E-state index in [4.69, 9.17) is 15.7 Å². The van der Waals surface area contributed by atoms with Gasteiger partial charge in [-0.3, -0.25) is 0 Å². The van der Waals surface area contributed by atoms with Crippen LogP contribution < -0.4 is 21.1 Å². The maximum Gasteiger partial charge on any atom is 0.319 e. The average Bonchev–Trinajstić information content (AvgIpc) is 2.40. The lowest BCUT2D eigenvalue weighted by Gasteiger charge is -2.26. The van der Waals surface area contributed by atoms with E-state index in [2.05, 4.69) is 15.8 Å². The van der Waals surface area contributed by atoms with E-state index in [9.17, 15) is 4.79 Å². The first kappa shape index (κ1) is 14.0. The fourth-order valence-electron chi connectivity index (χ4n) is 1.75. The molecule has 20 heavy (non-hydrogen) atoms. The molecule has 108 valence electrons. The quantitative estimate of drug-likeness (QED) is 0.283. The summed E-state index contributed by atoms with van der Waals surface area (Å²) in [5.74, 6) is 0.504. The lowest BCUT2D eigenvalue weighted by Crippen LogP contribution is -2.41. The van der Waals surface area contributed by atoms with Gasteiger partial charge in [-0.25, -0.2) is 4.79 Å². The van der Waals surface area contributed by atoms with Gasteiger partial charge in [0.25, 0.3) is 0 Å². The minimum atomic E-state index is -0.219. The van der Waals surface area contributed by atoms with E-state index in [0.29, 0.717) is 11.4 Å². The molecule has 5 N–H and O–H groups in total. The Balaban J connectivity index is 1.86. The molecule has 1 aromatic rings. The predicted molar refractivity (Wildman–Crippen MR) is 75.1 cm³/mol. The van der Waals surface area contributed by atoms with E-state index < -0.39 is 0 Å². The number of carbonyl (C=O) groups excluding carboxylic acids is 1. The van der Waals surface area contributed by atoms with Crippen LogP contribution in [0.25, 0.3) is 0 Å². The Hall–Kier alpha value is -2.44. The third-order valence-corrected chi connectivity index (χ3v) is 3.05. The molecule has 0 atom stereocenters. The normalized spacial score (nSPS) is 15.3. The van der Waals surface area contributed by atoms with Gasteiger partial charge < -0.3 is 26.3 Å². The number of hydrogen-bond acceptors (Lipinski definition) is 4. The van der Waals surface area contributed by atoms with Crippen LogP contribution in [-0.2, 0) is 0 Å². The topological polar surface area (TPSA) is 109 Å². The highest BCUT2D eigenvalue weighted by Crippen LogP contribution is 2.19. The smallest absolute Gasteiger partial charge is 0.319 e. The first-order valence-electron chi connectivity index (χ1n) is 6.44. The molecule has 0 spiro atoms. The summed E-state index contributed by atoms with van der Waals surface area (Å²) in [6.45, 7) is -0.0196. The Bertz CT molecular complexity index is 500. The summed E-state index contributed by atoms with van der Waals surface area (Å²) in [6, 6.07) is 6.97. The van der Waals surface area contributed by atoms with Gasteiger partial charge in [0.15, 0.2) is 5.84 Å². The predicted octanol–water partition coefficient (Wildman–Crippen LogP) is 1.49. The number of nitrogens with zero attached hydrogens (tertiary/aromatic N) is 1. The third-order valence-electron chi connectivity index (χ3n) is 3.05. The Kier molecular flexibility index (Phi) is 4.65. The number of amides is 2. The standard InChI is InChI=1S/C13H18N4O3/c14-12(17-19)8-20-11-6-2-5-10(7-11)16-13(18)15-9-3-1-4-9/h2,5-7,9,19H,1,3-4,8H2,(H2,14,17)(H2,15,16,18). The van der Waals surface area contributed by atoms with Gasteiger partial charge in [0.1, 0.15) is 12.4 Å². The summed E-state index contributed by atoms with van der Waals surface area (Å²) in [7, 11) is 0. The van der Waals surface area contributed by atoms with Crippen LogP contribution in [-0.4, -0.2) is 29.7 Å². The number of ether oxygens (including phenoxy) is 1. The van der Waals surface area contributed by atoms with Gasteiger partial charge in [0, 0.05) is 17.8 Å². The van der Waals surface area contributed by atoms with Crippen LogP contribution in [0, 0.1) is 0 Å². The number of nitrogens with one attached hydrogen (secondary N) is 2. The summed E-state index contributed by atoms with van der Waals surface area (Å²) in [4.78, 5) is 11.7. The molecule has 1 aromatic carbocycles. The largest absolute Gasteiger partial charge is 0.485 e. The first-order valence-corrected chi connectivity index (χ1v) is 6.44. The molecule has 0 saturated heterocycles. The van der Waals surface area contributed by atoms with Gasteiger partial charge in [-0.05, 0) is 31.4 Å². The molecule has 0 bridgehead atoms. The highest BCUT2D eigenvalue weighted by molar-refractivity contribution is 5.89. The average molecular weight is 278 g/mol. The maximum atomic E-state index is 11.7. The van der Waals surface area contributed by atoms with Crippen molar-refractivity contribution in [2.75, 3.05) is 11.9 Å². The fraction of sp³-hybridized carbons (Fsp3) is 0.385. The van der Waals surface area contributed by atoms with Crippen LogP contribution in [0.2, 0.25) is 0 Å². The first-order chi connectivity index (χ1) is 9.67. The molecule has 0 radical (unpaired) electrons. The number of amidine groups is 1. The number of hydrogen-bond donors (Lipinski definition) is 4. The van der Waals surface area contributed by atoms with Crippen molar-refractivity contribution in [2.45, 2.75) is 25.3 Å². The van der Waals surface area contributed by atoms with Crippen molar-refractivity contribution in [2.24, 2.45) is 10.9 Å². The number of nitrogens with two attached hydrogens (primary N) is 1. The van der Waals surface area contributed by atoms with E-state index in [1.165, 1.54) is 6.42 Å². The molecule has 1 saturated carbocycles. The van der Waals surface area contributed by atoms with Crippen molar-refractivity contribution in [1.82, 2.24) is 5.32 Å². The molecule has 0 aromatic heterocycles. The van der Waals surface area contributed by atoms with Gasteiger partial charge in [-0.15, -0.1) is 0 Å². The maximum absolute atomic E-state index is 11.7. The highest BCUT2D eigenvalue weighted by atomic mass is 16.5. The molecule has 1 fully saturated rings. The zero-order valence-electron chi connectivity index (χ0n) is 11.0. The van der Waals surface area contributed by atoms with Crippen LogP contribution in [0.4, 0.5) is 10.5 Å². The zero-order chi connectivity index (χ0) is 14.4. The molecule has 0 heterocycles. The van der Waals surface area contributed by atoms with Gasteiger partial charge in [-0.1, -0.05) is 11.2 Å². The number of rotatable bonds is 5.